The molecular weight excluding hydrogens is 326 g/mol. The topological polar surface area (TPSA) is 72.3 Å². The van der Waals surface area contributed by atoms with Crippen molar-refractivity contribution in [2.45, 2.75) is 12.1 Å². The fraction of sp³-hybridized carbons (Fsp3) is 0.438. The van der Waals surface area contributed by atoms with Crippen LogP contribution in [0.15, 0.2) is 29.4 Å². The average Bonchev–Trinajstić information content (AvgIpc) is 2.93. The first-order valence-corrected chi connectivity index (χ1v) is 8.83. The van der Waals surface area contributed by atoms with Crippen LogP contribution in [0.1, 0.15) is 5.82 Å². The molecule has 1 aromatic carbocycles. The minimum Gasteiger partial charge on any atom is -0.378 e. The first-order chi connectivity index (χ1) is 11.6. The summed E-state index contributed by atoms with van der Waals surface area (Å²) in [6, 6.07) is 7.92. The molecule has 0 atom stereocenters. The molecule has 8 heteroatoms. The molecule has 0 radical (unpaired) electrons. The molecule has 1 saturated heterocycles. The van der Waals surface area contributed by atoms with Crippen molar-refractivity contribution in [2.24, 2.45) is 7.05 Å². The number of aromatic nitrogens is 3. The van der Waals surface area contributed by atoms with Crippen LogP contribution in [0.5, 0.6) is 0 Å². The van der Waals surface area contributed by atoms with Crippen molar-refractivity contribution >= 4 is 29.0 Å². The molecule has 3 rings (SSSR count). The fourth-order valence-electron chi connectivity index (χ4n) is 2.42. The Morgan fingerprint density at radius 3 is 2.58 bits per heavy atom. The molecule has 0 aliphatic carbocycles. The third kappa shape index (κ3) is 4.07. The van der Waals surface area contributed by atoms with E-state index in [1.807, 2.05) is 42.8 Å². The van der Waals surface area contributed by atoms with Gasteiger partial charge in [-0.2, -0.15) is 0 Å². The standard InChI is InChI=1S/C16H21N5O2S/c1-12-18-19-16(20(12)2)24-11-15(22)17-13-3-5-14(6-4-13)21-7-9-23-10-8-21/h3-6H,7-11H2,1-2H3,(H,17,22). The predicted octanol–water partition coefficient (Wildman–Crippen LogP) is 1.69. The summed E-state index contributed by atoms with van der Waals surface area (Å²) in [4.78, 5) is 14.4. The third-order valence-corrected chi connectivity index (χ3v) is 4.93. The summed E-state index contributed by atoms with van der Waals surface area (Å²) in [5.74, 6) is 1.08. The normalized spacial score (nSPS) is 14.7. The molecule has 1 fully saturated rings. The van der Waals surface area contributed by atoms with Crippen molar-refractivity contribution in [3.63, 3.8) is 0 Å². The number of ether oxygens (including phenoxy) is 1. The van der Waals surface area contributed by atoms with Crippen molar-refractivity contribution in [3.8, 4) is 0 Å². The van der Waals surface area contributed by atoms with Crippen molar-refractivity contribution in [1.82, 2.24) is 14.8 Å². The highest BCUT2D eigenvalue weighted by Crippen LogP contribution is 2.20. The number of morpholine rings is 1. The van der Waals surface area contributed by atoms with Crippen molar-refractivity contribution < 1.29 is 9.53 Å². The Balaban J connectivity index is 1.51. The lowest BCUT2D eigenvalue weighted by Crippen LogP contribution is -2.36. The van der Waals surface area contributed by atoms with E-state index in [9.17, 15) is 4.79 Å². The molecule has 1 aliphatic rings. The van der Waals surface area contributed by atoms with E-state index in [2.05, 4.69) is 20.4 Å². The Kier molecular flexibility index (Phi) is 5.37. The van der Waals surface area contributed by atoms with E-state index in [4.69, 9.17) is 4.74 Å². The zero-order valence-electron chi connectivity index (χ0n) is 13.9. The van der Waals surface area contributed by atoms with E-state index >= 15 is 0 Å². The molecule has 2 heterocycles. The third-order valence-electron chi connectivity index (χ3n) is 3.91. The highest BCUT2D eigenvalue weighted by molar-refractivity contribution is 7.99. The molecule has 1 aliphatic heterocycles. The monoisotopic (exact) mass is 347 g/mol. The number of benzene rings is 1. The predicted molar refractivity (Wildman–Crippen MR) is 94.6 cm³/mol. The van der Waals surface area contributed by atoms with Gasteiger partial charge in [-0.3, -0.25) is 4.79 Å². The van der Waals surface area contributed by atoms with Gasteiger partial charge < -0.3 is 19.5 Å². The molecule has 1 amide bonds. The molecule has 0 bridgehead atoms. The van der Waals surface area contributed by atoms with Gasteiger partial charge in [0.25, 0.3) is 0 Å². The number of aryl methyl sites for hydroxylation is 1. The number of hydrogen-bond acceptors (Lipinski definition) is 6. The molecule has 1 aromatic heterocycles. The van der Waals surface area contributed by atoms with Gasteiger partial charge in [0.1, 0.15) is 5.82 Å². The molecule has 2 aromatic rings. The van der Waals surface area contributed by atoms with Crippen LogP contribution in [0.2, 0.25) is 0 Å². The zero-order valence-corrected chi connectivity index (χ0v) is 14.7. The molecule has 0 unspecified atom stereocenters. The van der Waals surface area contributed by atoms with Gasteiger partial charge in [0.05, 0.1) is 19.0 Å². The average molecular weight is 347 g/mol. The Labute approximate surface area is 145 Å². The number of thioether (sulfide) groups is 1. The molecule has 0 spiro atoms. The molecular formula is C16H21N5O2S. The molecule has 7 nitrogen and oxygen atoms in total. The van der Waals surface area contributed by atoms with E-state index in [1.54, 1.807) is 0 Å². The van der Waals surface area contributed by atoms with Crippen LogP contribution in [0.4, 0.5) is 11.4 Å². The summed E-state index contributed by atoms with van der Waals surface area (Å²) >= 11 is 1.38. The second-order valence-electron chi connectivity index (χ2n) is 5.57. The van der Waals surface area contributed by atoms with Crippen molar-refractivity contribution in [2.75, 3.05) is 42.3 Å². The van der Waals surface area contributed by atoms with Gasteiger partial charge in [0, 0.05) is 31.5 Å². The number of rotatable bonds is 5. The second-order valence-corrected chi connectivity index (χ2v) is 6.51. The number of carbonyl (C=O) groups is 1. The highest BCUT2D eigenvalue weighted by atomic mass is 32.2. The van der Waals surface area contributed by atoms with Gasteiger partial charge in [-0.1, -0.05) is 11.8 Å². The number of hydrogen-bond donors (Lipinski definition) is 1. The SMILES string of the molecule is Cc1nnc(SCC(=O)Nc2ccc(N3CCOCC3)cc2)n1C. The lowest BCUT2D eigenvalue weighted by Gasteiger charge is -2.28. The first kappa shape index (κ1) is 16.8. The number of nitrogens with one attached hydrogen (secondary N) is 1. The molecule has 128 valence electrons. The number of nitrogens with zero attached hydrogens (tertiary/aromatic N) is 4. The summed E-state index contributed by atoms with van der Waals surface area (Å²) in [6.07, 6.45) is 0. The van der Waals surface area contributed by atoms with Crippen LogP contribution in [-0.2, 0) is 16.6 Å². The van der Waals surface area contributed by atoms with Crippen LogP contribution < -0.4 is 10.2 Å². The summed E-state index contributed by atoms with van der Waals surface area (Å²) in [6.45, 7) is 5.21. The number of amides is 1. The van der Waals surface area contributed by atoms with Crippen LogP contribution in [-0.4, -0.2) is 52.7 Å². The maximum Gasteiger partial charge on any atom is 0.234 e. The van der Waals surface area contributed by atoms with Crippen molar-refractivity contribution in [3.05, 3.63) is 30.1 Å². The van der Waals surface area contributed by atoms with Gasteiger partial charge in [0.2, 0.25) is 5.91 Å². The Hall–Kier alpha value is -2.06. The number of anilines is 2. The second kappa shape index (κ2) is 7.67. The Morgan fingerprint density at radius 1 is 1.25 bits per heavy atom. The summed E-state index contributed by atoms with van der Waals surface area (Å²) in [7, 11) is 1.89. The highest BCUT2D eigenvalue weighted by Gasteiger charge is 2.12. The van der Waals surface area contributed by atoms with E-state index in [0.29, 0.717) is 5.75 Å². The van der Waals surface area contributed by atoms with E-state index < -0.39 is 0 Å². The van der Waals surface area contributed by atoms with Gasteiger partial charge in [-0.15, -0.1) is 10.2 Å². The first-order valence-electron chi connectivity index (χ1n) is 7.85. The Bertz CT molecular complexity index is 695. The summed E-state index contributed by atoms with van der Waals surface area (Å²) in [5, 5.41) is 11.7. The van der Waals surface area contributed by atoms with Gasteiger partial charge in [0.15, 0.2) is 5.16 Å². The fourth-order valence-corrected chi connectivity index (χ4v) is 3.17. The van der Waals surface area contributed by atoms with Gasteiger partial charge in [-0.05, 0) is 31.2 Å². The maximum absolute atomic E-state index is 12.1. The quantitative estimate of drug-likeness (QED) is 0.830. The largest absolute Gasteiger partial charge is 0.378 e. The van der Waals surface area contributed by atoms with Crippen LogP contribution >= 0.6 is 11.8 Å². The number of carbonyl (C=O) groups excluding carboxylic acids is 1. The molecule has 0 saturated carbocycles. The van der Waals surface area contributed by atoms with Crippen LogP contribution in [0.3, 0.4) is 0 Å². The minimum absolute atomic E-state index is 0.0558. The molecule has 1 N–H and O–H groups in total. The maximum atomic E-state index is 12.1. The van der Waals surface area contributed by atoms with E-state index in [1.165, 1.54) is 11.8 Å². The van der Waals surface area contributed by atoms with Crippen molar-refractivity contribution in [1.29, 1.82) is 0 Å². The van der Waals surface area contributed by atoms with Gasteiger partial charge in [-0.25, -0.2) is 0 Å². The van der Waals surface area contributed by atoms with Crippen LogP contribution in [0, 0.1) is 6.92 Å². The smallest absolute Gasteiger partial charge is 0.234 e. The van der Waals surface area contributed by atoms with E-state index in [0.717, 1.165) is 48.7 Å². The minimum atomic E-state index is -0.0558. The summed E-state index contributed by atoms with van der Waals surface area (Å²) in [5.41, 5.74) is 1.95. The molecule has 24 heavy (non-hydrogen) atoms. The van der Waals surface area contributed by atoms with E-state index in [-0.39, 0.29) is 5.91 Å². The lowest BCUT2D eigenvalue weighted by molar-refractivity contribution is -0.113. The Morgan fingerprint density at radius 2 is 1.96 bits per heavy atom. The summed E-state index contributed by atoms with van der Waals surface area (Å²) < 4.78 is 7.23. The van der Waals surface area contributed by atoms with Crippen LogP contribution in [0.25, 0.3) is 0 Å². The zero-order chi connectivity index (χ0) is 16.9. The lowest BCUT2D eigenvalue weighted by atomic mass is 10.2. The van der Waals surface area contributed by atoms with Gasteiger partial charge >= 0.3 is 0 Å².